The predicted octanol–water partition coefficient (Wildman–Crippen LogP) is 4.29. The maximum Gasteiger partial charge on any atom is 0.586 e. The molecule has 4 rings (SSSR count). The van der Waals surface area contributed by atoms with Crippen LogP contribution in [0.15, 0.2) is 47.4 Å². The fraction of sp³-hybridized carbons (Fsp3) is 0.250. The van der Waals surface area contributed by atoms with Gasteiger partial charge in [0.25, 0.3) is 5.56 Å². The van der Waals surface area contributed by atoms with Crippen LogP contribution in [0.2, 0.25) is 0 Å². The zero-order valence-electron chi connectivity index (χ0n) is 18.2. The number of carbonyl (C=O) groups is 1. The highest BCUT2D eigenvalue weighted by Gasteiger charge is 2.43. The van der Waals surface area contributed by atoms with Crippen LogP contribution in [0.4, 0.5) is 14.6 Å². The molecule has 34 heavy (non-hydrogen) atoms. The van der Waals surface area contributed by atoms with E-state index >= 15 is 0 Å². The monoisotopic (exact) mass is 466 g/mol. The molecule has 1 aliphatic rings. The molecule has 10 heteroatoms. The van der Waals surface area contributed by atoms with Crippen molar-refractivity contribution in [1.82, 2.24) is 9.97 Å². The topological polar surface area (TPSA) is 117 Å². The van der Waals surface area contributed by atoms with Crippen molar-refractivity contribution >= 4 is 11.7 Å². The summed E-state index contributed by atoms with van der Waals surface area (Å²) >= 11 is 0. The lowest BCUT2D eigenvalue weighted by atomic mass is 10.1. The molecule has 0 bridgehead atoms. The summed E-state index contributed by atoms with van der Waals surface area (Å²) in [4.78, 5) is 31.0. The molecule has 0 unspecified atom stereocenters. The Balaban J connectivity index is 1.31. The van der Waals surface area contributed by atoms with Gasteiger partial charge in [0.2, 0.25) is 5.91 Å². The molecule has 2 N–H and O–H groups in total. The van der Waals surface area contributed by atoms with Crippen molar-refractivity contribution in [2.24, 2.45) is 0 Å². The standard InChI is InChI=1S/C24H20F2N4O4/c1-14-6-9-20(30-22(14)17-11-16(12-27)23(32)28-13-17)29-21(31)5-3-2-4-15-7-8-18-19(10-15)34-24(25,26)33-18/h6-11,13H,2-5H2,1H3,(H,28,32)(H,29,30,31). The van der Waals surface area contributed by atoms with Crippen LogP contribution < -0.4 is 20.3 Å². The number of rotatable bonds is 7. The molecule has 0 atom stereocenters. The van der Waals surface area contributed by atoms with Crippen LogP contribution in [-0.4, -0.2) is 22.2 Å². The molecule has 0 radical (unpaired) electrons. The van der Waals surface area contributed by atoms with Crippen LogP contribution in [0.25, 0.3) is 11.3 Å². The lowest BCUT2D eigenvalue weighted by molar-refractivity contribution is -0.286. The highest BCUT2D eigenvalue weighted by molar-refractivity contribution is 5.90. The largest absolute Gasteiger partial charge is 0.586 e. The molecule has 0 fully saturated rings. The van der Waals surface area contributed by atoms with Crippen molar-refractivity contribution in [3.05, 3.63) is 69.6 Å². The minimum Gasteiger partial charge on any atom is -0.395 e. The molecular weight excluding hydrogens is 446 g/mol. The van der Waals surface area contributed by atoms with Gasteiger partial charge in [-0.05, 0) is 61.6 Å². The normalized spacial score (nSPS) is 13.4. The number of halogens is 2. The Bertz CT molecular complexity index is 1350. The summed E-state index contributed by atoms with van der Waals surface area (Å²) in [7, 11) is 0. The number of amides is 1. The van der Waals surface area contributed by atoms with E-state index in [0.29, 0.717) is 36.3 Å². The third kappa shape index (κ3) is 5.20. The lowest BCUT2D eigenvalue weighted by Gasteiger charge is -2.10. The van der Waals surface area contributed by atoms with E-state index in [1.807, 2.05) is 13.0 Å². The highest BCUT2D eigenvalue weighted by Crippen LogP contribution is 2.41. The van der Waals surface area contributed by atoms with Crippen LogP contribution in [0.5, 0.6) is 11.5 Å². The van der Waals surface area contributed by atoms with Crippen LogP contribution in [0, 0.1) is 18.3 Å². The first-order valence-electron chi connectivity index (χ1n) is 10.5. The highest BCUT2D eigenvalue weighted by atomic mass is 19.3. The molecule has 0 saturated heterocycles. The minimum absolute atomic E-state index is 0.00352. The number of benzene rings is 1. The molecule has 8 nitrogen and oxygen atoms in total. The molecule has 0 spiro atoms. The van der Waals surface area contributed by atoms with E-state index in [2.05, 4.69) is 24.8 Å². The zero-order valence-corrected chi connectivity index (χ0v) is 18.2. The number of pyridine rings is 2. The summed E-state index contributed by atoms with van der Waals surface area (Å²) in [6.45, 7) is 1.84. The summed E-state index contributed by atoms with van der Waals surface area (Å²) in [6.07, 6.45) is -0.0639. The number of aromatic amines is 1. The number of H-pyrrole nitrogens is 1. The van der Waals surface area contributed by atoms with E-state index in [-0.39, 0.29) is 29.4 Å². The van der Waals surface area contributed by atoms with Crippen molar-refractivity contribution in [2.75, 3.05) is 5.32 Å². The smallest absolute Gasteiger partial charge is 0.395 e. The van der Waals surface area contributed by atoms with E-state index in [0.717, 1.165) is 11.1 Å². The van der Waals surface area contributed by atoms with Crippen LogP contribution in [0.1, 0.15) is 36.0 Å². The number of anilines is 1. The molecule has 1 aliphatic heterocycles. The molecule has 2 aromatic heterocycles. The number of aromatic nitrogens is 2. The number of fused-ring (bicyclic) bond motifs is 1. The Kier molecular flexibility index (Phi) is 6.27. The van der Waals surface area contributed by atoms with Gasteiger partial charge in [-0.1, -0.05) is 12.1 Å². The Morgan fingerprint density at radius 2 is 1.97 bits per heavy atom. The maximum atomic E-state index is 13.1. The van der Waals surface area contributed by atoms with Crippen molar-refractivity contribution < 1.29 is 23.0 Å². The van der Waals surface area contributed by atoms with Gasteiger partial charge in [-0.2, -0.15) is 5.26 Å². The molecule has 1 amide bonds. The number of ether oxygens (including phenoxy) is 2. The number of nitrogens with one attached hydrogen (secondary N) is 2. The Morgan fingerprint density at radius 3 is 2.76 bits per heavy atom. The Hall–Kier alpha value is -4.26. The second-order valence-electron chi connectivity index (χ2n) is 7.81. The number of hydrogen-bond acceptors (Lipinski definition) is 6. The number of aryl methyl sites for hydroxylation is 2. The Morgan fingerprint density at radius 1 is 1.18 bits per heavy atom. The summed E-state index contributed by atoms with van der Waals surface area (Å²) < 4.78 is 35.1. The maximum absolute atomic E-state index is 13.1. The van der Waals surface area contributed by atoms with Gasteiger partial charge < -0.3 is 19.8 Å². The van der Waals surface area contributed by atoms with Crippen molar-refractivity contribution in [3.8, 4) is 28.8 Å². The SMILES string of the molecule is Cc1ccc(NC(=O)CCCCc2ccc3c(c2)OC(F)(F)O3)nc1-c1c[nH]c(=O)c(C#N)c1. The third-order valence-electron chi connectivity index (χ3n) is 5.25. The molecule has 1 aromatic carbocycles. The lowest BCUT2D eigenvalue weighted by Crippen LogP contribution is -2.25. The van der Waals surface area contributed by atoms with Gasteiger partial charge in [0, 0.05) is 18.2 Å². The summed E-state index contributed by atoms with van der Waals surface area (Å²) in [5.41, 5.74) is 2.22. The van der Waals surface area contributed by atoms with Crippen LogP contribution in [0.3, 0.4) is 0 Å². The molecular formula is C24H20F2N4O4. The summed E-state index contributed by atoms with van der Waals surface area (Å²) in [6, 6.07) is 11.4. The van der Waals surface area contributed by atoms with E-state index in [9.17, 15) is 18.4 Å². The first-order valence-corrected chi connectivity index (χ1v) is 10.5. The number of alkyl halides is 2. The van der Waals surface area contributed by atoms with Crippen LogP contribution >= 0.6 is 0 Å². The summed E-state index contributed by atoms with van der Waals surface area (Å²) in [5, 5.41) is 11.8. The number of nitrogens with zero attached hydrogens (tertiary/aromatic N) is 2. The Labute approximate surface area is 193 Å². The first-order chi connectivity index (χ1) is 16.2. The third-order valence-corrected chi connectivity index (χ3v) is 5.25. The van der Waals surface area contributed by atoms with Gasteiger partial charge in [0.05, 0.1) is 5.69 Å². The van der Waals surface area contributed by atoms with E-state index in [4.69, 9.17) is 5.26 Å². The second kappa shape index (κ2) is 9.31. The predicted molar refractivity (Wildman–Crippen MR) is 119 cm³/mol. The number of nitriles is 1. The van der Waals surface area contributed by atoms with Crippen molar-refractivity contribution in [3.63, 3.8) is 0 Å². The average Bonchev–Trinajstić information content (AvgIpc) is 3.11. The van der Waals surface area contributed by atoms with E-state index < -0.39 is 11.9 Å². The minimum atomic E-state index is -3.64. The fourth-order valence-electron chi connectivity index (χ4n) is 3.56. The summed E-state index contributed by atoms with van der Waals surface area (Å²) in [5.74, 6) is 0.147. The zero-order chi connectivity index (χ0) is 24.3. The van der Waals surface area contributed by atoms with Gasteiger partial charge in [-0.3, -0.25) is 9.59 Å². The molecule has 174 valence electrons. The van der Waals surface area contributed by atoms with Gasteiger partial charge in [0.15, 0.2) is 11.5 Å². The molecule has 3 aromatic rings. The van der Waals surface area contributed by atoms with Gasteiger partial charge in [-0.15, -0.1) is 8.78 Å². The van der Waals surface area contributed by atoms with E-state index in [1.165, 1.54) is 24.4 Å². The van der Waals surface area contributed by atoms with Gasteiger partial charge in [-0.25, -0.2) is 4.98 Å². The first kappa shape index (κ1) is 22.9. The van der Waals surface area contributed by atoms with Gasteiger partial charge >= 0.3 is 6.29 Å². The number of unbranched alkanes of at least 4 members (excludes halogenated alkanes) is 1. The quantitative estimate of drug-likeness (QED) is 0.502. The molecule has 0 aliphatic carbocycles. The second-order valence-corrected chi connectivity index (χ2v) is 7.81. The van der Waals surface area contributed by atoms with Crippen molar-refractivity contribution in [2.45, 2.75) is 38.9 Å². The van der Waals surface area contributed by atoms with E-state index in [1.54, 1.807) is 18.2 Å². The fourth-order valence-corrected chi connectivity index (χ4v) is 3.56. The van der Waals surface area contributed by atoms with Gasteiger partial charge in [0.1, 0.15) is 17.5 Å². The molecule has 0 saturated carbocycles. The number of hydrogen-bond donors (Lipinski definition) is 2. The van der Waals surface area contributed by atoms with Crippen molar-refractivity contribution in [1.29, 1.82) is 5.26 Å². The average molecular weight is 466 g/mol. The van der Waals surface area contributed by atoms with Crippen LogP contribution in [-0.2, 0) is 11.2 Å². The number of carbonyl (C=O) groups excluding carboxylic acids is 1. The molecule has 3 heterocycles.